The van der Waals surface area contributed by atoms with Gasteiger partial charge >= 0.3 is 0 Å². The minimum atomic E-state index is 0. The average Bonchev–Trinajstić information content (AvgIpc) is 2.74. The van der Waals surface area contributed by atoms with Crippen molar-refractivity contribution in [2.45, 2.75) is 46.5 Å². The summed E-state index contributed by atoms with van der Waals surface area (Å²) in [5, 5.41) is 0. The van der Waals surface area contributed by atoms with Crippen LogP contribution in [0, 0.1) is 6.92 Å². The third-order valence-electron chi connectivity index (χ3n) is 4.76. The molecule has 0 aromatic heterocycles. The van der Waals surface area contributed by atoms with Gasteiger partial charge in [0.1, 0.15) is 6.54 Å². The van der Waals surface area contributed by atoms with Gasteiger partial charge in [0.25, 0.3) is 0 Å². The van der Waals surface area contributed by atoms with E-state index in [0.717, 1.165) is 6.54 Å². The minimum absolute atomic E-state index is 0. The molecule has 0 unspecified atom stereocenters. The zero-order chi connectivity index (χ0) is 14.7. The normalized spacial score (nSPS) is 18.3. The Hall–Kier alpha value is -1.57. The van der Waals surface area contributed by atoms with Gasteiger partial charge in [0.2, 0.25) is 5.84 Å². The standard InChI is InChI=1S/C19H27N2.CH4/c1-16-8-10-18(11-9-16)17(2)15-21-14-6-13-20-12-5-3-4-7-19(20)21;/h8-11H,2-7,12-15H2,1H3;1H4/q+1;. The van der Waals surface area contributed by atoms with Gasteiger partial charge in [0.15, 0.2) is 0 Å². The first-order valence-corrected chi connectivity index (χ1v) is 8.34. The predicted octanol–water partition coefficient (Wildman–Crippen LogP) is 4.34. The van der Waals surface area contributed by atoms with Crippen molar-refractivity contribution >= 4 is 11.4 Å². The van der Waals surface area contributed by atoms with E-state index in [-0.39, 0.29) is 7.43 Å². The first-order valence-electron chi connectivity index (χ1n) is 8.34. The van der Waals surface area contributed by atoms with Crippen molar-refractivity contribution in [2.75, 3.05) is 26.2 Å². The van der Waals surface area contributed by atoms with Gasteiger partial charge in [-0.1, -0.05) is 43.8 Å². The summed E-state index contributed by atoms with van der Waals surface area (Å²) < 4.78 is 2.62. The zero-order valence-corrected chi connectivity index (χ0v) is 13.3. The van der Waals surface area contributed by atoms with Crippen molar-refractivity contribution in [2.24, 2.45) is 0 Å². The smallest absolute Gasteiger partial charge is 0.247 e. The van der Waals surface area contributed by atoms with Gasteiger partial charge in [0.05, 0.1) is 19.6 Å². The van der Waals surface area contributed by atoms with E-state index in [1.807, 2.05) is 0 Å². The second kappa shape index (κ2) is 7.62. The molecular weight excluding hydrogens is 268 g/mol. The highest BCUT2D eigenvalue weighted by Gasteiger charge is 2.28. The Morgan fingerprint density at radius 3 is 2.59 bits per heavy atom. The number of benzene rings is 1. The van der Waals surface area contributed by atoms with E-state index in [1.165, 1.54) is 68.4 Å². The van der Waals surface area contributed by atoms with E-state index in [1.54, 1.807) is 5.84 Å². The van der Waals surface area contributed by atoms with Crippen LogP contribution in [0.2, 0.25) is 0 Å². The highest BCUT2D eigenvalue weighted by molar-refractivity contribution is 5.80. The van der Waals surface area contributed by atoms with Gasteiger partial charge in [-0.3, -0.25) is 9.48 Å². The van der Waals surface area contributed by atoms with Gasteiger partial charge < -0.3 is 0 Å². The molecule has 120 valence electrons. The summed E-state index contributed by atoms with van der Waals surface area (Å²) in [5.41, 5.74) is 3.84. The van der Waals surface area contributed by atoms with Crippen molar-refractivity contribution < 1.29 is 4.58 Å². The van der Waals surface area contributed by atoms with Crippen molar-refractivity contribution in [1.82, 2.24) is 4.90 Å². The van der Waals surface area contributed by atoms with Crippen molar-refractivity contribution in [1.29, 1.82) is 0 Å². The Morgan fingerprint density at radius 1 is 1.09 bits per heavy atom. The van der Waals surface area contributed by atoms with Gasteiger partial charge in [-0.15, -0.1) is 0 Å². The first kappa shape index (κ1) is 16.8. The van der Waals surface area contributed by atoms with Crippen LogP contribution in [0.1, 0.15) is 50.7 Å². The summed E-state index contributed by atoms with van der Waals surface area (Å²) in [6.45, 7) is 11.1. The minimum Gasteiger partial charge on any atom is -0.266 e. The van der Waals surface area contributed by atoms with Crippen LogP contribution in [-0.4, -0.2) is 41.5 Å². The summed E-state index contributed by atoms with van der Waals surface area (Å²) in [7, 11) is 0. The fraction of sp³-hybridized carbons (Fsp3) is 0.550. The molecule has 0 spiro atoms. The van der Waals surface area contributed by atoms with E-state index in [9.17, 15) is 0 Å². The van der Waals surface area contributed by atoms with Gasteiger partial charge in [0, 0.05) is 12.8 Å². The lowest BCUT2D eigenvalue weighted by Crippen LogP contribution is -2.44. The maximum absolute atomic E-state index is 4.34. The molecule has 0 amide bonds. The molecule has 0 bridgehead atoms. The largest absolute Gasteiger partial charge is 0.266 e. The summed E-state index contributed by atoms with van der Waals surface area (Å²) >= 11 is 0. The maximum atomic E-state index is 4.34. The predicted molar refractivity (Wildman–Crippen MR) is 96.6 cm³/mol. The van der Waals surface area contributed by atoms with E-state index in [4.69, 9.17) is 0 Å². The molecule has 2 nitrogen and oxygen atoms in total. The van der Waals surface area contributed by atoms with Crippen molar-refractivity contribution in [3.8, 4) is 0 Å². The molecular formula is C20H31N2+. The van der Waals surface area contributed by atoms with Gasteiger partial charge in [-0.25, -0.2) is 0 Å². The van der Waals surface area contributed by atoms with Crippen LogP contribution in [0.4, 0.5) is 0 Å². The number of rotatable bonds is 3. The third-order valence-corrected chi connectivity index (χ3v) is 4.76. The molecule has 0 saturated heterocycles. The van der Waals surface area contributed by atoms with E-state index < -0.39 is 0 Å². The van der Waals surface area contributed by atoms with Crippen molar-refractivity contribution in [3.63, 3.8) is 0 Å². The van der Waals surface area contributed by atoms with E-state index in [0.29, 0.717) is 0 Å². The molecule has 1 aromatic rings. The Kier molecular flexibility index (Phi) is 5.82. The van der Waals surface area contributed by atoms with Crippen LogP contribution in [-0.2, 0) is 0 Å². The van der Waals surface area contributed by atoms with Gasteiger partial charge in [-0.2, -0.15) is 0 Å². The Bertz CT molecular complexity index is 539. The van der Waals surface area contributed by atoms with Crippen molar-refractivity contribution in [3.05, 3.63) is 42.0 Å². The molecule has 0 fully saturated rings. The quantitative estimate of drug-likeness (QED) is 0.753. The fourth-order valence-electron chi connectivity index (χ4n) is 3.51. The number of aryl methyl sites for hydroxylation is 1. The molecule has 2 heteroatoms. The average molecular weight is 299 g/mol. The van der Waals surface area contributed by atoms with Crippen LogP contribution in [0.5, 0.6) is 0 Å². The lowest BCUT2D eigenvalue weighted by atomic mass is 10.0. The molecule has 2 aliphatic heterocycles. The number of amidine groups is 1. The molecule has 2 aliphatic rings. The summed E-state index contributed by atoms with van der Waals surface area (Å²) in [5.74, 6) is 1.58. The highest BCUT2D eigenvalue weighted by Crippen LogP contribution is 2.19. The van der Waals surface area contributed by atoms with E-state index >= 15 is 0 Å². The van der Waals surface area contributed by atoms with Crippen LogP contribution in [0.3, 0.4) is 0 Å². The van der Waals surface area contributed by atoms with Gasteiger partial charge in [-0.05, 0) is 37.3 Å². The van der Waals surface area contributed by atoms with Crippen LogP contribution in [0.15, 0.2) is 30.8 Å². The second-order valence-electron chi connectivity index (χ2n) is 6.46. The number of nitrogens with zero attached hydrogens (tertiary/aromatic N) is 2. The Morgan fingerprint density at radius 2 is 1.82 bits per heavy atom. The Labute approximate surface area is 136 Å². The molecule has 1 aromatic carbocycles. The molecule has 22 heavy (non-hydrogen) atoms. The van der Waals surface area contributed by atoms with Crippen LogP contribution < -0.4 is 0 Å². The topological polar surface area (TPSA) is 6.25 Å². The maximum Gasteiger partial charge on any atom is 0.247 e. The molecule has 2 heterocycles. The second-order valence-corrected chi connectivity index (χ2v) is 6.46. The number of hydrogen-bond acceptors (Lipinski definition) is 1. The number of hydrogen-bond donors (Lipinski definition) is 0. The summed E-state index contributed by atoms with van der Waals surface area (Å²) in [4.78, 5) is 2.58. The van der Waals surface area contributed by atoms with Crippen LogP contribution in [0.25, 0.3) is 5.57 Å². The summed E-state index contributed by atoms with van der Waals surface area (Å²) in [6, 6.07) is 8.78. The molecule has 0 aliphatic carbocycles. The first-order chi connectivity index (χ1) is 10.2. The third kappa shape index (κ3) is 3.79. The highest BCUT2D eigenvalue weighted by atomic mass is 15.3. The lowest BCUT2D eigenvalue weighted by Gasteiger charge is -2.27. The molecule has 3 rings (SSSR count). The molecule has 0 radical (unpaired) electrons. The summed E-state index contributed by atoms with van der Waals surface area (Å²) in [6.07, 6.45) is 6.62. The van der Waals surface area contributed by atoms with Crippen LogP contribution >= 0.6 is 0 Å². The van der Waals surface area contributed by atoms with E-state index in [2.05, 4.69) is 47.2 Å². The monoisotopic (exact) mass is 299 g/mol. The Balaban J connectivity index is 0.00000176. The lowest BCUT2D eigenvalue weighted by molar-refractivity contribution is -0.538. The molecule has 0 saturated carbocycles. The fourth-order valence-corrected chi connectivity index (χ4v) is 3.51. The molecule has 0 atom stereocenters. The SMILES string of the molecule is C.C=C(CN1CCC[N+]2=C1CCCCC2)c1ccc(C)cc1. The zero-order valence-electron chi connectivity index (χ0n) is 13.3. The molecule has 0 N–H and O–H groups in total.